The predicted octanol–water partition coefficient (Wildman–Crippen LogP) is 2.16. The van der Waals surface area contributed by atoms with Crippen LogP contribution >= 0.6 is 11.3 Å². The van der Waals surface area contributed by atoms with E-state index < -0.39 is 0 Å². The van der Waals surface area contributed by atoms with Crippen LogP contribution in [-0.2, 0) is 13.6 Å². The van der Waals surface area contributed by atoms with E-state index in [4.69, 9.17) is 5.73 Å². The molecule has 7 heteroatoms. The number of benzene rings is 1. The van der Waals surface area contributed by atoms with Gasteiger partial charge >= 0.3 is 0 Å². The number of nitrogens with two attached hydrogens (primary N) is 1. The highest BCUT2D eigenvalue weighted by atomic mass is 32.1. The number of amides is 1. The van der Waals surface area contributed by atoms with Crippen LogP contribution in [0.4, 0.5) is 5.13 Å². The highest BCUT2D eigenvalue weighted by Gasteiger charge is 2.12. The van der Waals surface area contributed by atoms with Crippen LogP contribution in [0.2, 0.25) is 0 Å². The van der Waals surface area contributed by atoms with E-state index in [0.29, 0.717) is 17.2 Å². The fourth-order valence-electron chi connectivity index (χ4n) is 2.45. The van der Waals surface area contributed by atoms with Crippen molar-refractivity contribution in [1.82, 2.24) is 20.1 Å². The highest BCUT2D eigenvalue weighted by Crippen LogP contribution is 2.27. The van der Waals surface area contributed by atoms with Crippen LogP contribution in [0.1, 0.15) is 27.3 Å². The quantitative estimate of drug-likeness (QED) is 0.775. The van der Waals surface area contributed by atoms with Crippen LogP contribution in [-0.4, -0.2) is 20.7 Å². The molecule has 0 saturated heterocycles. The molecule has 22 heavy (non-hydrogen) atoms. The van der Waals surface area contributed by atoms with E-state index in [0.717, 1.165) is 27.2 Å². The minimum atomic E-state index is -0.115. The summed E-state index contributed by atoms with van der Waals surface area (Å²) in [5.41, 5.74) is 10.1. The largest absolute Gasteiger partial charge is 0.375 e. The summed E-state index contributed by atoms with van der Waals surface area (Å²) < 4.78 is 2.70. The molecule has 0 aliphatic rings. The van der Waals surface area contributed by atoms with Crippen molar-refractivity contribution in [2.24, 2.45) is 7.05 Å². The molecule has 0 spiro atoms. The van der Waals surface area contributed by atoms with Gasteiger partial charge in [0.2, 0.25) is 0 Å². The minimum Gasteiger partial charge on any atom is -0.375 e. The van der Waals surface area contributed by atoms with Gasteiger partial charge in [0, 0.05) is 12.6 Å². The summed E-state index contributed by atoms with van der Waals surface area (Å²) >= 11 is 1.39. The van der Waals surface area contributed by atoms with Crippen LogP contribution in [0.25, 0.3) is 10.2 Å². The van der Waals surface area contributed by atoms with E-state index in [9.17, 15) is 4.79 Å². The summed E-state index contributed by atoms with van der Waals surface area (Å²) in [4.78, 5) is 16.6. The van der Waals surface area contributed by atoms with Crippen molar-refractivity contribution in [3.8, 4) is 0 Å². The zero-order valence-electron chi connectivity index (χ0n) is 12.7. The number of nitrogen functional groups attached to an aromatic ring is 1. The van der Waals surface area contributed by atoms with Gasteiger partial charge in [-0.05, 0) is 37.6 Å². The predicted molar refractivity (Wildman–Crippen MR) is 87.9 cm³/mol. The summed E-state index contributed by atoms with van der Waals surface area (Å²) in [5, 5.41) is 7.70. The number of nitrogens with one attached hydrogen (secondary N) is 1. The number of aryl methyl sites for hydroxylation is 3. The summed E-state index contributed by atoms with van der Waals surface area (Å²) in [6.07, 6.45) is 0. The van der Waals surface area contributed by atoms with Crippen molar-refractivity contribution in [3.63, 3.8) is 0 Å². The van der Waals surface area contributed by atoms with E-state index in [2.05, 4.69) is 15.4 Å². The molecule has 0 aliphatic carbocycles. The third-order valence-electron chi connectivity index (χ3n) is 3.49. The van der Waals surface area contributed by atoms with Crippen LogP contribution < -0.4 is 11.1 Å². The molecule has 3 N–H and O–H groups in total. The first-order chi connectivity index (χ1) is 10.4. The summed E-state index contributed by atoms with van der Waals surface area (Å²) in [7, 11) is 1.87. The molecule has 114 valence electrons. The number of nitrogens with zero attached hydrogens (tertiary/aromatic N) is 3. The number of carbonyl (C=O) groups excluding carboxylic acids is 1. The number of anilines is 1. The van der Waals surface area contributed by atoms with Crippen molar-refractivity contribution in [1.29, 1.82) is 0 Å². The molecule has 0 fully saturated rings. The number of hydrogen-bond acceptors (Lipinski definition) is 5. The van der Waals surface area contributed by atoms with Gasteiger partial charge in [0.1, 0.15) is 0 Å². The zero-order valence-corrected chi connectivity index (χ0v) is 13.5. The third-order valence-corrected chi connectivity index (χ3v) is 4.32. The fourth-order valence-corrected chi connectivity index (χ4v) is 3.30. The van der Waals surface area contributed by atoms with Crippen molar-refractivity contribution >= 4 is 32.6 Å². The molecule has 0 atom stereocenters. The Morgan fingerprint density at radius 2 is 2.14 bits per heavy atom. The Morgan fingerprint density at radius 1 is 1.36 bits per heavy atom. The first-order valence-electron chi connectivity index (χ1n) is 6.88. The molecule has 1 amide bonds. The number of aromatic nitrogens is 3. The zero-order chi connectivity index (χ0) is 15.9. The van der Waals surface area contributed by atoms with Crippen molar-refractivity contribution in [2.75, 3.05) is 5.73 Å². The molecule has 6 nitrogen and oxygen atoms in total. The first kappa shape index (κ1) is 14.5. The van der Waals surface area contributed by atoms with Crippen LogP contribution in [0.3, 0.4) is 0 Å². The summed E-state index contributed by atoms with van der Waals surface area (Å²) in [6.45, 7) is 4.30. The lowest BCUT2D eigenvalue weighted by Crippen LogP contribution is -2.24. The second-order valence-corrected chi connectivity index (χ2v) is 6.34. The lowest BCUT2D eigenvalue weighted by atomic mass is 10.1. The molecule has 0 unspecified atom stereocenters. The molecule has 0 saturated carbocycles. The van der Waals surface area contributed by atoms with Crippen molar-refractivity contribution in [2.45, 2.75) is 20.4 Å². The third kappa shape index (κ3) is 2.67. The van der Waals surface area contributed by atoms with Gasteiger partial charge in [0.05, 0.1) is 28.1 Å². The molecule has 2 aromatic heterocycles. The molecule has 0 aliphatic heterocycles. The van der Waals surface area contributed by atoms with Gasteiger partial charge in [-0.1, -0.05) is 11.3 Å². The number of hydrogen-bond donors (Lipinski definition) is 2. The fraction of sp³-hybridized carbons (Fsp3) is 0.267. The number of carbonyl (C=O) groups is 1. The van der Waals surface area contributed by atoms with E-state index in [1.54, 1.807) is 4.68 Å². The number of thiazole rings is 1. The summed E-state index contributed by atoms with van der Waals surface area (Å²) in [5.74, 6) is -0.115. The van der Waals surface area contributed by atoms with Gasteiger partial charge in [-0.25, -0.2) is 4.98 Å². The second kappa shape index (κ2) is 5.42. The van der Waals surface area contributed by atoms with E-state index in [1.165, 1.54) is 11.3 Å². The average molecular weight is 315 g/mol. The molecule has 0 bridgehead atoms. The average Bonchev–Trinajstić information content (AvgIpc) is 2.98. The van der Waals surface area contributed by atoms with Gasteiger partial charge in [0.25, 0.3) is 5.91 Å². The van der Waals surface area contributed by atoms with Gasteiger partial charge in [-0.3, -0.25) is 9.48 Å². The Labute approximate surface area is 132 Å². The molecule has 3 rings (SSSR count). The maximum atomic E-state index is 12.4. The van der Waals surface area contributed by atoms with E-state index in [1.807, 2.05) is 39.1 Å². The molecular weight excluding hydrogens is 298 g/mol. The Bertz CT molecular complexity index is 864. The smallest absolute Gasteiger partial charge is 0.251 e. The molecule has 2 heterocycles. The highest BCUT2D eigenvalue weighted by molar-refractivity contribution is 7.22. The Hall–Kier alpha value is -2.41. The topological polar surface area (TPSA) is 85.8 Å². The van der Waals surface area contributed by atoms with E-state index in [-0.39, 0.29) is 5.91 Å². The summed E-state index contributed by atoms with van der Waals surface area (Å²) in [6, 6.07) is 5.63. The van der Waals surface area contributed by atoms with Crippen molar-refractivity contribution in [3.05, 3.63) is 40.7 Å². The lowest BCUT2D eigenvalue weighted by molar-refractivity contribution is 0.0950. The number of fused-ring (bicyclic) bond motifs is 1. The maximum absolute atomic E-state index is 12.4. The molecule has 0 radical (unpaired) electrons. The minimum absolute atomic E-state index is 0.115. The molecule has 1 aromatic carbocycles. The molecular formula is C15H17N5OS. The van der Waals surface area contributed by atoms with E-state index >= 15 is 0 Å². The first-order valence-corrected chi connectivity index (χ1v) is 7.70. The van der Waals surface area contributed by atoms with Crippen LogP contribution in [0.15, 0.2) is 18.2 Å². The normalized spacial score (nSPS) is 11.0. The Morgan fingerprint density at radius 3 is 2.82 bits per heavy atom. The number of rotatable bonds is 3. The monoisotopic (exact) mass is 315 g/mol. The Balaban J connectivity index is 1.81. The maximum Gasteiger partial charge on any atom is 0.251 e. The Kier molecular flexibility index (Phi) is 3.58. The van der Waals surface area contributed by atoms with Gasteiger partial charge in [0.15, 0.2) is 5.13 Å². The SMILES string of the molecule is Cc1cc(CNC(=O)c2cc(C)c3nc(N)sc3c2)n(C)n1. The van der Waals surface area contributed by atoms with Gasteiger partial charge in [-0.15, -0.1) is 0 Å². The standard InChI is InChI=1S/C15H17N5OS/c1-8-4-10(6-12-13(8)18-15(16)22-12)14(21)17-7-11-5-9(2)19-20(11)3/h4-6H,7H2,1-3H3,(H2,16,18)(H,17,21). The van der Waals surface area contributed by atoms with Crippen LogP contribution in [0.5, 0.6) is 0 Å². The van der Waals surface area contributed by atoms with Crippen LogP contribution in [0, 0.1) is 13.8 Å². The van der Waals surface area contributed by atoms with Gasteiger partial charge in [-0.2, -0.15) is 5.10 Å². The van der Waals surface area contributed by atoms with Gasteiger partial charge < -0.3 is 11.1 Å². The van der Waals surface area contributed by atoms with Crippen molar-refractivity contribution < 1.29 is 4.79 Å². The molecule has 3 aromatic rings. The second-order valence-electron chi connectivity index (χ2n) is 5.28. The lowest BCUT2D eigenvalue weighted by Gasteiger charge is -2.06.